The lowest BCUT2D eigenvalue weighted by atomic mass is 9.92. The fourth-order valence-electron chi connectivity index (χ4n) is 7.52. The van der Waals surface area contributed by atoms with Gasteiger partial charge in [-0.25, -0.2) is 0 Å². The first-order valence-corrected chi connectivity index (χ1v) is 23.1. The molecule has 0 saturated heterocycles. The van der Waals surface area contributed by atoms with E-state index in [0.29, 0.717) is 37.9 Å². The average molecular weight is 738 g/mol. The van der Waals surface area contributed by atoms with Gasteiger partial charge in [-0.05, 0) is 63.5 Å². The summed E-state index contributed by atoms with van der Waals surface area (Å²) in [5.74, 6) is 1.35. The van der Waals surface area contributed by atoms with Crippen molar-refractivity contribution in [3.05, 3.63) is 0 Å². The number of ether oxygens (including phenoxy) is 2. The summed E-state index contributed by atoms with van der Waals surface area (Å²) in [4.78, 5) is 27.1. The predicted molar refractivity (Wildman–Crippen MR) is 223 cm³/mol. The third-order valence-electron chi connectivity index (χ3n) is 11.1. The van der Waals surface area contributed by atoms with E-state index in [9.17, 15) is 14.7 Å². The lowest BCUT2D eigenvalue weighted by Gasteiger charge is -2.21. The van der Waals surface area contributed by atoms with Gasteiger partial charge in [0.25, 0.3) is 0 Å². The molecule has 6 nitrogen and oxygen atoms in total. The molecular formula is C46H91NO5. The molecule has 52 heavy (non-hydrogen) atoms. The molecule has 0 amide bonds. The highest BCUT2D eigenvalue weighted by Crippen LogP contribution is 2.23. The number of aliphatic hydroxyl groups is 1. The Balaban J connectivity index is 4.01. The normalized spacial score (nSPS) is 12.7. The first-order chi connectivity index (χ1) is 25.5. The molecule has 0 fully saturated rings. The van der Waals surface area contributed by atoms with Crippen molar-refractivity contribution >= 4 is 11.9 Å². The molecule has 0 spiro atoms. The quantitative estimate of drug-likeness (QED) is 0.0496. The molecule has 0 aliphatic heterocycles. The summed E-state index contributed by atoms with van der Waals surface area (Å²) in [7, 11) is 0. The van der Waals surface area contributed by atoms with Crippen molar-refractivity contribution in [2.24, 2.45) is 11.8 Å². The van der Waals surface area contributed by atoms with E-state index in [1.807, 2.05) is 0 Å². The van der Waals surface area contributed by atoms with Crippen LogP contribution in [0.3, 0.4) is 0 Å². The molecule has 0 aliphatic carbocycles. The molecule has 2 unspecified atom stereocenters. The lowest BCUT2D eigenvalue weighted by molar-refractivity contribution is -0.145. The molecular weight excluding hydrogens is 647 g/mol. The van der Waals surface area contributed by atoms with Gasteiger partial charge in [0.05, 0.1) is 19.8 Å². The second-order valence-electron chi connectivity index (χ2n) is 16.0. The first kappa shape index (κ1) is 50.9. The van der Waals surface area contributed by atoms with Crippen molar-refractivity contribution in [3.8, 4) is 0 Å². The van der Waals surface area contributed by atoms with Gasteiger partial charge in [0.15, 0.2) is 0 Å². The highest BCUT2D eigenvalue weighted by atomic mass is 16.5. The number of carbonyl (C=O) groups excluding carboxylic acids is 2. The molecule has 0 aromatic heterocycles. The molecule has 0 aromatic rings. The fourth-order valence-corrected chi connectivity index (χ4v) is 7.52. The topological polar surface area (TPSA) is 76.1 Å². The number of aliphatic hydroxyl groups excluding tert-OH is 1. The summed E-state index contributed by atoms with van der Waals surface area (Å²) < 4.78 is 11.3. The molecule has 2 atom stereocenters. The van der Waals surface area contributed by atoms with Crippen LogP contribution in [0, 0.1) is 11.8 Å². The van der Waals surface area contributed by atoms with E-state index >= 15 is 0 Å². The Morgan fingerprint density at radius 2 is 0.750 bits per heavy atom. The SMILES string of the molecule is CCCCCCCC(CCCCC)CCOC(=O)CCCCCCN(CCO)CCCCCCC(=O)OCCC(CCCCC)CCCCCCC. The molecule has 0 rings (SSSR count). The Kier molecular flexibility index (Phi) is 40.1. The minimum Gasteiger partial charge on any atom is -0.466 e. The van der Waals surface area contributed by atoms with Gasteiger partial charge in [-0.1, -0.05) is 182 Å². The zero-order valence-electron chi connectivity index (χ0n) is 35.6. The van der Waals surface area contributed by atoms with Crippen LogP contribution in [0.15, 0.2) is 0 Å². The smallest absolute Gasteiger partial charge is 0.305 e. The molecule has 310 valence electrons. The van der Waals surface area contributed by atoms with E-state index in [1.54, 1.807) is 0 Å². The number of rotatable bonds is 42. The minimum atomic E-state index is -0.0274. The van der Waals surface area contributed by atoms with Crippen molar-refractivity contribution < 1.29 is 24.2 Å². The lowest BCUT2D eigenvalue weighted by Crippen LogP contribution is -2.29. The summed E-state index contributed by atoms with van der Waals surface area (Å²) in [5.41, 5.74) is 0. The second-order valence-corrected chi connectivity index (χ2v) is 16.0. The Morgan fingerprint density at radius 1 is 0.423 bits per heavy atom. The van der Waals surface area contributed by atoms with Crippen molar-refractivity contribution in [3.63, 3.8) is 0 Å². The van der Waals surface area contributed by atoms with Crippen molar-refractivity contribution in [2.75, 3.05) is 39.5 Å². The minimum absolute atomic E-state index is 0.0274. The van der Waals surface area contributed by atoms with Gasteiger partial charge in [-0.2, -0.15) is 0 Å². The summed E-state index contributed by atoms with van der Waals surface area (Å²) in [5, 5.41) is 9.56. The highest BCUT2D eigenvalue weighted by molar-refractivity contribution is 5.69. The monoisotopic (exact) mass is 738 g/mol. The van der Waals surface area contributed by atoms with E-state index in [4.69, 9.17) is 9.47 Å². The van der Waals surface area contributed by atoms with Crippen LogP contribution in [-0.4, -0.2) is 61.4 Å². The van der Waals surface area contributed by atoms with Crippen LogP contribution >= 0.6 is 0 Å². The van der Waals surface area contributed by atoms with E-state index < -0.39 is 0 Å². The van der Waals surface area contributed by atoms with Crippen molar-refractivity contribution in [2.45, 2.75) is 233 Å². The van der Waals surface area contributed by atoms with E-state index in [-0.39, 0.29) is 18.5 Å². The molecule has 0 aliphatic rings. The van der Waals surface area contributed by atoms with Crippen LogP contribution in [0.1, 0.15) is 233 Å². The fraction of sp³-hybridized carbons (Fsp3) is 0.957. The van der Waals surface area contributed by atoms with Gasteiger partial charge in [-0.3, -0.25) is 9.59 Å². The molecule has 6 heteroatoms. The van der Waals surface area contributed by atoms with Gasteiger partial charge in [0.1, 0.15) is 0 Å². The Morgan fingerprint density at radius 3 is 1.13 bits per heavy atom. The van der Waals surface area contributed by atoms with Crippen molar-refractivity contribution in [1.29, 1.82) is 0 Å². The highest BCUT2D eigenvalue weighted by Gasteiger charge is 2.13. The first-order valence-electron chi connectivity index (χ1n) is 23.1. The number of unbranched alkanes of at least 4 members (excludes halogenated alkanes) is 18. The molecule has 1 N–H and O–H groups in total. The molecule has 0 heterocycles. The summed E-state index contributed by atoms with van der Waals surface area (Å²) >= 11 is 0. The van der Waals surface area contributed by atoms with Crippen LogP contribution in [0.5, 0.6) is 0 Å². The zero-order valence-corrected chi connectivity index (χ0v) is 35.6. The number of esters is 2. The summed E-state index contributed by atoms with van der Waals surface area (Å²) in [6.07, 6.45) is 37.6. The number of hydrogen-bond acceptors (Lipinski definition) is 6. The Labute approximate surface area is 324 Å². The van der Waals surface area contributed by atoms with Crippen LogP contribution in [-0.2, 0) is 19.1 Å². The maximum absolute atomic E-state index is 12.4. The molecule has 0 radical (unpaired) electrons. The molecule has 0 saturated carbocycles. The van der Waals surface area contributed by atoms with Gasteiger partial charge >= 0.3 is 11.9 Å². The third-order valence-corrected chi connectivity index (χ3v) is 11.1. The van der Waals surface area contributed by atoms with Crippen LogP contribution < -0.4 is 0 Å². The van der Waals surface area contributed by atoms with Crippen LogP contribution in [0.25, 0.3) is 0 Å². The van der Waals surface area contributed by atoms with Gasteiger partial charge < -0.3 is 19.5 Å². The summed E-state index contributed by atoms with van der Waals surface area (Å²) in [6.45, 7) is 13.1. The largest absolute Gasteiger partial charge is 0.466 e. The molecule has 0 aromatic carbocycles. The maximum Gasteiger partial charge on any atom is 0.305 e. The number of nitrogens with zero attached hydrogens (tertiary/aromatic N) is 1. The number of carbonyl (C=O) groups is 2. The molecule has 0 bridgehead atoms. The Bertz CT molecular complexity index is 688. The van der Waals surface area contributed by atoms with Crippen LogP contribution in [0.2, 0.25) is 0 Å². The van der Waals surface area contributed by atoms with Gasteiger partial charge in [0.2, 0.25) is 0 Å². The van der Waals surface area contributed by atoms with E-state index in [0.717, 1.165) is 83.8 Å². The average Bonchev–Trinajstić information content (AvgIpc) is 3.13. The van der Waals surface area contributed by atoms with Crippen LogP contribution in [0.4, 0.5) is 0 Å². The van der Waals surface area contributed by atoms with Gasteiger partial charge in [0, 0.05) is 19.4 Å². The van der Waals surface area contributed by atoms with Gasteiger partial charge in [-0.15, -0.1) is 0 Å². The third kappa shape index (κ3) is 35.9. The van der Waals surface area contributed by atoms with Crippen molar-refractivity contribution in [1.82, 2.24) is 4.90 Å². The Hall–Kier alpha value is -1.14. The van der Waals surface area contributed by atoms with E-state index in [2.05, 4.69) is 32.6 Å². The standard InChI is InChI=1S/C46H91NO5/c1-5-9-13-15-23-31-43(29-21-11-7-3)35-41-51-45(49)33-25-17-19-27-37-47(39-40-48)38-28-20-18-26-34-46(50)52-42-36-44(30-22-12-8-4)32-24-16-14-10-6-2/h43-44,48H,5-42H2,1-4H3. The number of hydrogen-bond donors (Lipinski definition) is 1. The second kappa shape index (κ2) is 41.0. The summed E-state index contributed by atoms with van der Waals surface area (Å²) in [6, 6.07) is 0. The maximum atomic E-state index is 12.4. The predicted octanol–water partition coefficient (Wildman–Crippen LogP) is 13.2. The zero-order chi connectivity index (χ0) is 38.2. The van der Waals surface area contributed by atoms with E-state index in [1.165, 1.54) is 128 Å².